The number of aromatic amines is 1. The summed E-state index contributed by atoms with van der Waals surface area (Å²) in [5.74, 6) is -1.49. The van der Waals surface area contributed by atoms with Gasteiger partial charge in [0.2, 0.25) is 0 Å². The van der Waals surface area contributed by atoms with Crippen LogP contribution in [0.1, 0.15) is 28.9 Å². The van der Waals surface area contributed by atoms with E-state index in [4.69, 9.17) is 5.11 Å². The first-order chi connectivity index (χ1) is 10.1. The maximum absolute atomic E-state index is 12.5. The number of rotatable bonds is 2. The second kappa shape index (κ2) is 5.16. The van der Waals surface area contributed by atoms with E-state index in [-0.39, 0.29) is 12.5 Å². The number of hydrogen-bond donors (Lipinski definition) is 2. The van der Waals surface area contributed by atoms with Gasteiger partial charge in [-0.2, -0.15) is 5.10 Å². The van der Waals surface area contributed by atoms with Gasteiger partial charge in [-0.05, 0) is 25.8 Å². The van der Waals surface area contributed by atoms with Crippen LogP contribution in [0.15, 0.2) is 12.3 Å². The Morgan fingerprint density at radius 3 is 3.05 bits per heavy atom. The van der Waals surface area contributed by atoms with Crippen molar-refractivity contribution in [2.24, 2.45) is 5.92 Å². The predicted octanol–water partition coefficient (Wildman–Crippen LogP) is 1.20. The van der Waals surface area contributed by atoms with Gasteiger partial charge in [0.25, 0.3) is 5.91 Å². The highest BCUT2D eigenvalue weighted by Crippen LogP contribution is 2.20. The van der Waals surface area contributed by atoms with Crippen molar-refractivity contribution in [3.8, 4) is 0 Å². The van der Waals surface area contributed by atoms with E-state index in [0.29, 0.717) is 30.6 Å². The fourth-order valence-electron chi connectivity index (χ4n) is 2.68. The van der Waals surface area contributed by atoms with Gasteiger partial charge in [0.05, 0.1) is 11.5 Å². The van der Waals surface area contributed by atoms with Crippen LogP contribution in [-0.4, -0.2) is 50.2 Å². The minimum atomic E-state index is -0.841. The van der Waals surface area contributed by atoms with E-state index in [9.17, 15) is 9.59 Å². The van der Waals surface area contributed by atoms with E-state index in [1.54, 1.807) is 11.0 Å². The van der Waals surface area contributed by atoms with Crippen LogP contribution in [0.25, 0.3) is 11.0 Å². The van der Waals surface area contributed by atoms with Crippen LogP contribution in [0, 0.1) is 12.8 Å². The number of carboxylic acids is 1. The number of nitrogens with zero attached hydrogens (tertiary/aromatic N) is 3. The monoisotopic (exact) mass is 288 g/mol. The molecule has 2 aromatic heterocycles. The van der Waals surface area contributed by atoms with Crippen molar-refractivity contribution in [1.82, 2.24) is 20.1 Å². The van der Waals surface area contributed by atoms with E-state index in [0.717, 1.165) is 11.1 Å². The molecule has 2 aromatic rings. The fourth-order valence-corrected chi connectivity index (χ4v) is 2.68. The van der Waals surface area contributed by atoms with Gasteiger partial charge in [0.1, 0.15) is 0 Å². The largest absolute Gasteiger partial charge is 0.481 e. The summed E-state index contributed by atoms with van der Waals surface area (Å²) in [6.45, 7) is 2.72. The van der Waals surface area contributed by atoms with Gasteiger partial charge >= 0.3 is 5.97 Å². The third kappa shape index (κ3) is 2.46. The Morgan fingerprint density at radius 2 is 2.29 bits per heavy atom. The van der Waals surface area contributed by atoms with E-state index < -0.39 is 11.9 Å². The summed E-state index contributed by atoms with van der Waals surface area (Å²) in [4.78, 5) is 29.4. The molecule has 0 aliphatic carbocycles. The highest BCUT2D eigenvalue weighted by molar-refractivity contribution is 5.97. The number of hydrogen-bond acceptors (Lipinski definition) is 4. The van der Waals surface area contributed by atoms with Crippen LogP contribution in [0.4, 0.5) is 0 Å². The third-order valence-electron chi connectivity index (χ3n) is 3.90. The molecule has 1 fully saturated rings. The lowest BCUT2D eigenvalue weighted by Crippen LogP contribution is -2.42. The second-order valence-corrected chi connectivity index (χ2v) is 5.37. The van der Waals surface area contributed by atoms with Crippen LogP contribution in [0.2, 0.25) is 0 Å². The number of carboxylic acid groups (broad SMARTS) is 1. The molecule has 0 bridgehead atoms. The predicted molar refractivity (Wildman–Crippen MR) is 74.9 cm³/mol. The molecule has 0 spiro atoms. The molecule has 3 heterocycles. The normalized spacial score (nSPS) is 18.9. The summed E-state index contributed by atoms with van der Waals surface area (Å²) >= 11 is 0. The molecule has 1 atom stereocenters. The lowest BCUT2D eigenvalue weighted by molar-refractivity contribution is -0.143. The average Bonchev–Trinajstić information content (AvgIpc) is 2.87. The van der Waals surface area contributed by atoms with E-state index in [2.05, 4.69) is 15.2 Å². The van der Waals surface area contributed by atoms with Crippen LogP contribution in [0.3, 0.4) is 0 Å². The Kier molecular flexibility index (Phi) is 3.32. The molecule has 0 saturated carbocycles. The molecule has 21 heavy (non-hydrogen) atoms. The van der Waals surface area contributed by atoms with Crippen molar-refractivity contribution in [2.75, 3.05) is 13.1 Å². The van der Waals surface area contributed by atoms with Crippen LogP contribution >= 0.6 is 0 Å². The minimum Gasteiger partial charge on any atom is -0.481 e. The molecule has 7 heteroatoms. The Balaban J connectivity index is 1.85. The molecule has 1 amide bonds. The van der Waals surface area contributed by atoms with Gasteiger partial charge < -0.3 is 10.0 Å². The lowest BCUT2D eigenvalue weighted by Gasteiger charge is -2.30. The number of piperidine rings is 1. The molecule has 0 unspecified atom stereocenters. The maximum atomic E-state index is 12.5. The third-order valence-corrected chi connectivity index (χ3v) is 3.90. The summed E-state index contributed by atoms with van der Waals surface area (Å²) in [5, 5.41) is 16.8. The number of aliphatic carboxylic acids is 1. The number of nitrogens with one attached hydrogen (secondary N) is 1. The number of likely N-dealkylation sites (tertiary alicyclic amines) is 1. The molecule has 1 aliphatic rings. The Bertz CT molecular complexity index is 709. The van der Waals surface area contributed by atoms with Gasteiger partial charge in [0, 0.05) is 30.4 Å². The van der Waals surface area contributed by atoms with E-state index >= 15 is 0 Å². The Morgan fingerprint density at radius 1 is 1.48 bits per heavy atom. The lowest BCUT2D eigenvalue weighted by atomic mass is 9.98. The van der Waals surface area contributed by atoms with Gasteiger partial charge in [-0.1, -0.05) is 0 Å². The van der Waals surface area contributed by atoms with Gasteiger partial charge in [0.15, 0.2) is 5.65 Å². The van der Waals surface area contributed by atoms with E-state index in [1.807, 2.05) is 6.92 Å². The zero-order chi connectivity index (χ0) is 15.0. The number of carbonyl (C=O) groups is 2. The highest BCUT2D eigenvalue weighted by Gasteiger charge is 2.28. The first-order valence-electron chi connectivity index (χ1n) is 6.89. The number of aryl methyl sites for hydroxylation is 1. The summed E-state index contributed by atoms with van der Waals surface area (Å²) in [6, 6.07) is 1.76. The summed E-state index contributed by atoms with van der Waals surface area (Å²) in [6.07, 6.45) is 2.83. The molecule has 0 aromatic carbocycles. The zero-order valence-corrected chi connectivity index (χ0v) is 11.7. The zero-order valence-electron chi connectivity index (χ0n) is 11.7. The van der Waals surface area contributed by atoms with Crippen molar-refractivity contribution in [1.29, 1.82) is 0 Å². The smallest absolute Gasteiger partial charge is 0.308 e. The number of H-pyrrole nitrogens is 1. The number of fused-ring (bicyclic) bond motifs is 1. The molecular formula is C14H16N4O3. The quantitative estimate of drug-likeness (QED) is 0.865. The SMILES string of the molecule is Cc1[nH]nc2ncc(C(=O)N3CCC[C@H](C(=O)O)C3)cc12. The molecular weight excluding hydrogens is 272 g/mol. The molecule has 2 N–H and O–H groups in total. The number of aromatic nitrogens is 3. The summed E-state index contributed by atoms with van der Waals surface area (Å²) in [5.41, 5.74) is 1.90. The minimum absolute atomic E-state index is 0.170. The van der Waals surface area contributed by atoms with Crippen molar-refractivity contribution >= 4 is 22.9 Å². The van der Waals surface area contributed by atoms with Crippen LogP contribution in [0.5, 0.6) is 0 Å². The molecule has 7 nitrogen and oxygen atoms in total. The first kappa shape index (κ1) is 13.5. The van der Waals surface area contributed by atoms with Crippen LogP contribution in [-0.2, 0) is 4.79 Å². The summed E-state index contributed by atoms with van der Waals surface area (Å²) < 4.78 is 0. The molecule has 1 saturated heterocycles. The highest BCUT2D eigenvalue weighted by atomic mass is 16.4. The molecule has 110 valence electrons. The van der Waals surface area contributed by atoms with Gasteiger partial charge in [-0.25, -0.2) is 4.98 Å². The van der Waals surface area contributed by atoms with Gasteiger partial charge in [-0.3, -0.25) is 14.7 Å². The number of carbonyl (C=O) groups excluding carboxylic acids is 1. The standard InChI is InChI=1S/C14H16N4O3/c1-8-11-5-10(6-15-12(11)17-16-8)13(19)18-4-2-3-9(7-18)14(20)21/h5-6,9H,2-4,7H2,1H3,(H,20,21)(H,15,16,17)/t9-/m0/s1. The topological polar surface area (TPSA) is 99.2 Å². The van der Waals surface area contributed by atoms with Crippen molar-refractivity contribution in [2.45, 2.75) is 19.8 Å². The maximum Gasteiger partial charge on any atom is 0.308 e. The van der Waals surface area contributed by atoms with Gasteiger partial charge in [-0.15, -0.1) is 0 Å². The van der Waals surface area contributed by atoms with Crippen LogP contribution < -0.4 is 0 Å². The first-order valence-corrected chi connectivity index (χ1v) is 6.89. The molecule has 1 aliphatic heterocycles. The fraction of sp³-hybridized carbons (Fsp3) is 0.429. The Labute approximate surface area is 121 Å². The van der Waals surface area contributed by atoms with Crippen molar-refractivity contribution in [3.05, 3.63) is 23.5 Å². The molecule has 3 rings (SSSR count). The second-order valence-electron chi connectivity index (χ2n) is 5.37. The molecule has 0 radical (unpaired) electrons. The summed E-state index contributed by atoms with van der Waals surface area (Å²) in [7, 11) is 0. The average molecular weight is 288 g/mol. The van der Waals surface area contributed by atoms with E-state index in [1.165, 1.54) is 6.20 Å². The van der Waals surface area contributed by atoms with Crippen molar-refractivity contribution in [3.63, 3.8) is 0 Å². The number of pyridine rings is 1. The van der Waals surface area contributed by atoms with Crippen molar-refractivity contribution < 1.29 is 14.7 Å². The Hall–Kier alpha value is -2.44. The number of amides is 1.